The number of nitrogens with zero attached hydrogens (tertiary/aromatic N) is 8. The van der Waals surface area contributed by atoms with Crippen LogP contribution >= 0.6 is 68.0 Å². The molecule has 0 saturated carbocycles. The van der Waals surface area contributed by atoms with Gasteiger partial charge < -0.3 is 36.8 Å². The first kappa shape index (κ1) is 52.4. The lowest BCUT2D eigenvalue weighted by atomic mass is 10.00. The van der Waals surface area contributed by atoms with Crippen LogP contribution in [0, 0.1) is 12.8 Å². The number of Topliss-reactive ketones (excluding diaryl/α,β-unsaturated/α-hetero) is 1. The molecule has 7 aromatic heterocycles. The van der Waals surface area contributed by atoms with Crippen LogP contribution in [0.25, 0.3) is 43.4 Å². The second-order valence-corrected chi connectivity index (χ2v) is 23.6. The molecule has 10 bridgehead atoms. The van der Waals surface area contributed by atoms with Crippen molar-refractivity contribution >= 4 is 103 Å². The first-order chi connectivity index (χ1) is 36.6. The fraction of sp³-hybridized carbons (Fsp3) is 0.300. The van der Waals surface area contributed by atoms with E-state index in [2.05, 4.69) is 25.6 Å². The molecule has 0 spiro atoms. The number of hydrogen-bond donors (Lipinski definition) is 5. The molecule has 390 valence electrons. The van der Waals surface area contributed by atoms with E-state index >= 15 is 4.79 Å². The number of ether oxygens (including phenoxy) is 1. The number of fused-ring (bicyclic) bond motifs is 16. The molecule has 76 heavy (non-hydrogen) atoms. The van der Waals surface area contributed by atoms with Gasteiger partial charge in [0, 0.05) is 69.1 Å². The van der Waals surface area contributed by atoms with Crippen molar-refractivity contribution in [2.45, 2.75) is 77.1 Å². The molecule has 1 saturated heterocycles. The Morgan fingerprint density at radius 3 is 2.16 bits per heavy atom. The summed E-state index contributed by atoms with van der Waals surface area (Å²) in [5.74, 6) is -3.12. The summed E-state index contributed by atoms with van der Waals surface area (Å²) >= 11 is 7.34. The predicted octanol–water partition coefficient (Wildman–Crippen LogP) is 7.08. The second kappa shape index (κ2) is 22.3. The van der Waals surface area contributed by atoms with Crippen LogP contribution in [-0.4, -0.2) is 106 Å². The van der Waals surface area contributed by atoms with E-state index in [0.717, 1.165) is 23.3 Å². The number of benzene rings is 1. The summed E-state index contributed by atoms with van der Waals surface area (Å²) in [6, 6.07) is 8.07. The van der Waals surface area contributed by atoms with Gasteiger partial charge in [-0.3, -0.25) is 28.8 Å². The molecule has 0 radical (unpaired) electrons. The Morgan fingerprint density at radius 1 is 0.724 bits per heavy atom. The maximum Gasteiger partial charge on any atom is 0.271 e. The van der Waals surface area contributed by atoms with Crippen molar-refractivity contribution in [3.63, 3.8) is 0 Å². The highest BCUT2D eigenvalue weighted by Gasteiger charge is 2.45. The molecule has 1 fully saturated rings. The molecule has 0 aliphatic carbocycles. The Morgan fingerprint density at radius 2 is 1.41 bits per heavy atom. The summed E-state index contributed by atoms with van der Waals surface area (Å²) in [6.45, 7) is 6.12. The van der Waals surface area contributed by atoms with Crippen molar-refractivity contribution in [3.05, 3.63) is 112 Å². The Hall–Kier alpha value is -7.07. The van der Waals surface area contributed by atoms with E-state index in [-0.39, 0.29) is 60.8 Å². The smallest absolute Gasteiger partial charge is 0.271 e. The van der Waals surface area contributed by atoms with Gasteiger partial charge >= 0.3 is 0 Å². The maximum atomic E-state index is 15.0. The fourth-order valence-corrected chi connectivity index (χ4v) is 13.9. The molecule has 2 aliphatic heterocycles. The third kappa shape index (κ3) is 11.1. The van der Waals surface area contributed by atoms with E-state index in [4.69, 9.17) is 36.1 Å². The number of nitrogens with one attached hydrogen (secondary N) is 2. The SMILES string of the molecule is CCCOc1ccc(C[C@@H]2NC(=O)c3csc(n3)CCC(=O)c3nc(sc3C)[C@H](CC(N)=O)NC(=O)c3csc(n3)-c3ccc(-c4nc(C(N)=O)cs4)nc3-c3csc(n3)-c3csc(n3)[C@@H]3[C@@H](C)[C@@H](O)CN3C2=O)cc1. The minimum atomic E-state index is -1.10. The molecule has 2 aliphatic rings. The zero-order valence-corrected chi connectivity index (χ0v) is 45.6. The van der Waals surface area contributed by atoms with Crippen molar-refractivity contribution in [1.29, 1.82) is 0 Å². The summed E-state index contributed by atoms with van der Waals surface area (Å²) in [5.41, 5.74) is 14.6. The summed E-state index contributed by atoms with van der Waals surface area (Å²) < 4.78 is 5.80. The monoisotopic (exact) mass is 1130 g/mol. The van der Waals surface area contributed by atoms with Crippen LogP contribution in [0.2, 0.25) is 0 Å². The van der Waals surface area contributed by atoms with E-state index in [9.17, 15) is 29.1 Å². The number of nitrogens with two attached hydrogens (primary N) is 2. The Labute approximate surface area is 457 Å². The Bertz CT molecular complexity index is 3530. The molecule has 1 aromatic carbocycles. The highest BCUT2D eigenvalue weighted by atomic mass is 32.1. The number of thiazole rings is 6. The molecule has 8 aromatic rings. The van der Waals surface area contributed by atoms with E-state index in [1.165, 1.54) is 56.7 Å². The van der Waals surface area contributed by atoms with E-state index in [1.54, 1.807) is 40.1 Å². The lowest BCUT2D eigenvalue weighted by molar-refractivity contribution is -0.134. The second-order valence-electron chi connectivity index (χ2n) is 17.9. The van der Waals surface area contributed by atoms with Gasteiger partial charge in [-0.2, -0.15) is 0 Å². The summed E-state index contributed by atoms with van der Waals surface area (Å²) in [5, 5.41) is 28.3. The van der Waals surface area contributed by atoms with Gasteiger partial charge in [-0.1, -0.05) is 26.0 Å². The molecule has 26 heteroatoms. The molecule has 5 amide bonds. The van der Waals surface area contributed by atoms with Gasteiger partial charge in [-0.05, 0) is 43.2 Å². The quantitative estimate of drug-likeness (QED) is 0.0964. The molecule has 10 rings (SSSR count). The molecular weight excluding hydrogens is 1090 g/mol. The van der Waals surface area contributed by atoms with E-state index in [1.807, 2.05) is 48.9 Å². The third-order valence-corrected chi connectivity index (χ3v) is 18.1. The average Bonchev–Trinajstić information content (AvgIpc) is 4.28. The number of aliphatic hydroxyl groups excluding tert-OH is 1. The largest absolute Gasteiger partial charge is 0.494 e. The summed E-state index contributed by atoms with van der Waals surface area (Å²) in [6.07, 6.45) is -0.112. The number of carbonyl (C=O) groups is 6. The number of carbonyl (C=O) groups excluding carboxylic acids is 6. The summed E-state index contributed by atoms with van der Waals surface area (Å²) in [7, 11) is 0. The fourth-order valence-electron chi connectivity index (χ4n) is 8.67. The van der Waals surface area contributed by atoms with Crippen LogP contribution < -0.4 is 26.8 Å². The number of aliphatic hydroxyl groups is 1. The van der Waals surface area contributed by atoms with Gasteiger partial charge in [-0.25, -0.2) is 34.9 Å². The van der Waals surface area contributed by atoms with Gasteiger partial charge in [0.2, 0.25) is 11.8 Å². The predicted molar refractivity (Wildman–Crippen MR) is 290 cm³/mol. The van der Waals surface area contributed by atoms with Crippen LogP contribution in [0.3, 0.4) is 0 Å². The number of rotatable bonds is 9. The number of hydrogen-bond acceptors (Lipinski definition) is 21. The van der Waals surface area contributed by atoms with Crippen LogP contribution in [0.5, 0.6) is 5.75 Å². The highest BCUT2D eigenvalue weighted by molar-refractivity contribution is 7.15. The van der Waals surface area contributed by atoms with Gasteiger partial charge in [0.05, 0.1) is 41.9 Å². The van der Waals surface area contributed by atoms with Crippen LogP contribution in [-0.2, 0) is 22.4 Å². The number of ketones is 1. The minimum Gasteiger partial charge on any atom is -0.494 e. The van der Waals surface area contributed by atoms with Crippen molar-refractivity contribution in [2.75, 3.05) is 13.2 Å². The highest BCUT2D eigenvalue weighted by Crippen LogP contribution is 2.42. The van der Waals surface area contributed by atoms with Gasteiger partial charge in [0.15, 0.2) is 5.78 Å². The number of aromatic nitrogens is 7. The molecule has 9 heterocycles. The first-order valence-electron chi connectivity index (χ1n) is 23.8. The topological polar surface area (TPSA) is 301 Å². The number of amides is 5. The van der Waals surface area contributed by atoms with Crippen molar-refractivity contribution in [2.24, 2.45) is 17.4 Å². The van der Waals surface area contributed by atoms with Crippen LogP contribution in [0.4, 0.5) is 0 Å². The average molecular weight is 1140 g/mol. The van der Waals surface area contributed by atoms with Crippen LogP contribution in [0.1, 0.15) is 113 Å². The van der Waals surface area contributed by atoms with Gasteiger partial charge in [0.25, 0.3) is 17.7 Å². The first-order valence-corrected chi connectivity index (χ1v) is 29.0. The van der Waals surface area contributed by atoms with Crippen LogP contribution in [0.15, 0.2) is 63.3 Å². The van der Waals surface area contributed by atoms with Crippen molar-refractivity contribution in [1.82, 2.24) is 50.4 Å². The molecule has 20 nitrogen and oxygen atoms in total. The molecular formula is C50H46N12O8S6. The Kier molecular flexibility index (Phi) is 15.3. The zero-order chi connectivity index (χ0) is 53.4. The zero-order valence-electron chi connectivity index (χ0n) is 40.7. The normalized spacial score (nSPS) is 19.2. The number of aryl methyl sites for hydroxylation is 2. The lowest BCUT2D eigenvalue weighted by Crippen LogP contribution is -2.50. The van der Waals surface area contributed by atoms with E-state index < -0.39 is 59.7 Å². The molecule has 7 N–H and O–H groups in total. The van der Waals surface area contributed by atoms with E-state index in [0.29, 0.717) is 75.6 Å². The van der Waals surface area contributed by atoms with Gasteiger partial charge in [-0.15, -0.1) is 68.0 Å². The third-order valence-electron chi connectivity index (χ3n) is 12.6. The minimum absolute atomic E-state index is 0.0112. The van der Waals surface area contributed by atoms with Gasteiger partial charge in [0.1, 0.15) is 76.7 Å². The number of primary amides is 2. The van der Waals surface area contributed by atoms with Crippen molar-refractivity contribution < 1.29 is 38.6 Å². The standard InChI is InChI=1S/C50H46N12O8S6/c1-4-13-70-25-7-5-24(6-8-25)14-29-50(69)62-16-36(64)22(2)41(62)49-60-34(21-75-49)47-57-30(17-73-47)40-26(9-10-27(54-40)46-58-31(18-74-46)42(52)66)45-59-33(20-72-45)44(68)55-28(15-37(51)65)48-61-39(23(3)76-48)35(63)11-12-38-53-32(19-71-38)43(67)56-29/h5-10,17-22,28-29,36,41,64H,4,11-16H2,1-3H3,(H2,51,65)(H2,52,66)(H,55,68)(H,56,67)/t22-,28-,29-,36-,41-/m0/s1. The molecule has 5 atom stereocenters. The number of pyridine rings is 1. The molecule has 0 unspecified atom stereocenters. The summed E-state index contributed by atoms with van der Waals surface area (Å²) in [4.78, 5) is 117. The Balaban J connectivity index is 1.04. The lowest BCUT2D eigenvalue weighted by Gasteiger charge is -2.29. The maximum absolute atomic E-state index is 15.0. The van der Waals surface area contributed by atoms with Crippen molar-refractivity contribution in [3.8, 4) is 49.1 Å².